The van der Waals surface area contributed by atoms with Crippen molar-refractivity contribution in [1.29, 1.82) is 0 Å². The van der Waals surface area contributed by atoms with Crippen LogP contribution in [0.15, 0.2) is 36.9 Å². The smallest absolute Gasteiger partial charge is 0.247 e. The maximum absolute atomic E-state index is 11.0. The van der Waals surface area contributed by atoms with Gasteiger partial charge in [0.05, 0.1) is 6.10 Å². The third-order valence-electron chi connectivity index (χ3n) is 1.66. The molecule has 1 aromatic rings. The normalized spacial score (nSPS) is 9.80. The van der Waals surface area contributed by atoms with Gasteiger partial charge in [-0.05, 0) is 32.1 Å². The summed E-state index contributed by atoms with van der Waals surface area (Å²) in [7, 11) is 0. The monoisotopic (exact) mass is 207 g/mol. The first kappa shape index (κ1) is 11.3. The molecule has 1 rings (SSSR count). The van der Waals surface area contributed by atoms with E-state index in [-0.39, 0.29) is 13.4 Å². The first-order valence-corrected chi connectivity index (χ1v) is 4.82. The molecule has 0 heterocycles. The molecule has 0 aliphatic heterocycles. The summed E-state index contributed by atoms with van der Waals surface area (Å²) < 4.78 is 5.49. The number of ether oxygens (including phenoxy) is 1. The molecule has 0 atom stereocenters. The topological polar surface area (TPSA) is 38.3 Å². The van der Waals surface area contributed by atoms with Crippen LogP contribution < -0.4 is 10.1 Å². The van der Waals surface area contributed by atoms with E-state index in [9.17, 15) is 4.79 Å². The Morgan fingerprint density at radius 2 is 2.33 bits per heavy atom. The molecule has 82 valence electrons. The summed E-state index contributed by atoms with van der Waals surface area (Å²) in [6.07, 6.45) is 1.35. The summed E-state index contributed by atoms with van der Waals surface area (Å²) in [5.74, 6) is 0.517. The molecule has 0 saturated heterocycles. The van der Waals surface area contributed by atoms with E-state index in [2.05, 4.69) is 11.9 Å². The van der Waals surface area contributed by atoms with E-state index < -0.39 is 0 Å². The number of nitrogens with one attached hydrogen (secondary N) is 1. The first-order valence-electron chi connectivity index (χ1n) is 4.82. The van der Waals surface area contributed by atoms with E-state index >= 15 is 0 Å². The molecular weight excluding hydrogens is 190 g/mol. The molecule has 1 amide bonds. The second kappa shape index (κ2) is 5.20. The molecule has 3 nitrogen and oxygen atoms in total. The van der Waals surface area contributed by atoms with Crippen molar-refractivity contribution in [1.82, 2.24) is 0 Å². The number of rotatable bonds is 4. The fourth-order valence-corrected chi connectivity index (χ4v) is 1.11. The van der Waals surface area contributed by atoms with Gasteiger partial charge in [-0.15, -0.1) is 0 Å². The average Bonchev–Trinajstić information content (AvgIpc) is 2.17. The molecule has 1 aromatic carbocycles. The predicted molar refractivity (Wildman–Crippen MR) is 63.1 cm³/mol. The summed E-state index contributed by atoms with van der Waals surface area (Å²) in [4.78, 5) is 11.0. The Kier molecular flexibility index (Phi) is 3.92. The van der Waals surface area contributed by atoms with Crippen molar-refractivity contribution < 1.29 is 11.0 Å². The van der Waals surface area contributed by atoms with E-state index in [1.807, 2.05) is 26.0 Å². The van der Waals surface area contributed by atoms with Gasteiger partial charge in [0.2, 0.25) is 5.91 Å². The van der Waals surface area contributed by atoms with Gasteiger partial charge in [0.15, 0.2) is 0 Å². The lowest BCUT2D eigenvalue weighted by Crippen LogP contribution is -2.08. The highest BCUT2D eigenvalue weighted by Crippen LogP contribution is 2.18. The Labute approximate surface area is 91.2 Å². The van der Waals surface area contributed by atoms with Crippen molar-refractivity contribution >= 4 is 11.6 Å². The molecule has 3 heteroatoms. The number of carbonyl (C=O) groups excluding carboxylic acids is 1. The van der Waals surface area contributed by atoms with Gasteiger partial charge in [-0.3, -0.25) is 4.79 Å². The van der Waals surface area contributed by atoms with Gasteiger partial charge in [-0.1, -0.05) is 12.6 Å². The Morgan fingerprint density at radius 3 is 2.93 bits per heavy atom. The number of hydrogen-bond acceptors (Lipinski definition) is 2. The lowest BCUT2D eigenvalue weighted by molar-refractivity contribution is -0.111. The van der Waals surface area contributed by atoms with Crippen LogP contribution in [0.5, 0.6) is 5.75 Å². The molecule has 15 heavy (non-hydrogen) atoms. The number of carbonyl (C=O) groups is 1. The van der Waals surface area contributed by atoms with E-state index in [0.717, 1.165) is 5.75 Å². The molecular formula is C12H17NO2. The molecule has 0 aliphatic rings. The highest BCUT2D eigenvalue weighted by molar-refractivity contribution is 5.98. The van der Waals surface area contributed by atoms with Gasteiger partial charge in [0.1, 0.15) is 5.75 Å². The third-order valence-corrected chi connectivity index (χ3v) is 1.66. The summed E-state index contributed by atoms with van der Waals surface area (Å²) in [5.41, 5.74) is 0.707. The second-order valence-electron chi connectivity index (χ2n) is 3.39. The van der Waals surface area contributed by atoms with Crippen LogP contribution in [0.1, 0.15) is 15.3 Å². The van der Waals surface area contributed by atoms with Gasteiger partial charge in [0.25, 0.3) is 0 Å². The summed E-state index contributed by atoms with van der Waals surface area (Å²) in [6, 6.07) is 7.26. The Hall–Kier alpha value is -1.77. The van der Waals surface area contributed by atoms with Crippen LogP contribution in [0, 0.1) is 0 Å². The van der Waals surface area contributed by atoms with E-state index in [0.29, 0.717) is 5.69 Å². The summed E-state index contributed by atoms with van der Waals surface area (Å²) >= 11 is 0. The van der Waals surface area contributed by atoms with E-state index in [1.165, 1.54) is 6.08 Å². The molecule has 0 saturated carbocycles. The van der Waals surface area contributed by atoms with Crippen LogP contribution in [0.25, 0.3) is 0 Å². The van der Waals surface area contributed by atoms with Crippen LogP contribution in [0.3, 0.4) is 0 Å². The quantitative estimate of drug-likeness (QED) is 0.771. The molecule has 0 aromatic heterocycles. The van der Waals surface area contributed by atoms with Crippen molar-refractivity contribution in [2.45, 2.75) is 20.0 Å². The molecule has 0 fully saturated rings. The molecule has 0 unspecified atom stereocenters. The summed E-state index contributed by atoms with van der Waals surface area (Å²) in [5, 5.41) is 2.67. The fraction of sp³-hybridized carbons (Fsp3) is 0.250. The van der Waals surface area contributed by atoms with Crippen molar-refractivity contribution in [3.05, 3.63) is 36.9 Å². The average molecular weight is 207 g/mol. The van der Waals surface area contributed by atoms with E-state index in [1.54, 1.807) is 12.1 Å². The molecule has 0 aliphatic carbocycles. The minimum atomic E-state index is -0.225. The molecule has 1 N–H and O–H groups in total. The Morgan fingerprint density at radius 1 is 1.60 bits per heavy atom. The number of anilines is 1. The zero-order valence-corrected chi connectivity index (χ0v) is 8.99. The standard InChI is InChI=1S/C12H15NO2.H2/c1-4-12(14)13-10-6-5-7-11(8-10)15-9(2)3;/h4-9H,1H2,2-3H3,(H,13,14);1H. The molecule has 0 radical (unpaired) electrons. The lowest BCUT2D eigenvalue weighted by Gasteiger charge is -2.10. The predicted octanol–water partition coefficient (Wildman–Crippen LogP) is 2.84. The highest BCUT2D eigenvalue weighted by atomic mass is 16.5. The second-order valence-corrected chi connectivity index (χ2v) is 3.39. The van der Waals surface area contributed by atoms with Crippen LogP contribution in [0.4, 0.5) is 5.69 Å². The largest absolute Gasteiger partial charge is 0.491 e. The van der Waals surface area contributed by atoms with Gasteiger partial charge in [-0.2, -0.15) is 0 Å². The summed E-state index contributed by atoms with van der Waals surface area (Å²) in [6.45, 7) is 7.29. The van der Waals surface area contributed by atoms with Crippen LogP contribution in [0.2, 0.25) is 0 Å². The van der Waals surface area contributed by atoms with Crippen LogP contribution in [-0.2, 0) is 4.79 Å². The zero-order valence-electron chi connectivity index (χ0n) is 8.99. The van der Waals surface area contributed by atoms with Crippen molar-refractivity contribution in [3.63, 3.8) is 0 Å². The fourth-order valence-electron chi connectivity index (χ4n) is 1.11. The SMILES string of the molecule is C=CC(=O)Nc1cccc(OC(C)C)c1.[HH]. The molecule has 0 bridgehead atoms. The number of hydrogen-bond donors (Lipinski definition) is 1. The van der Waals surface area contributed by atoms with Crippen LogP contribution >= 0.6 is 0 Å². The number of amides is 1. The van der Waals surface area contributed by atoms with Crippen molar-refractivity contribution in [2.75, 3.05) is 5.32 Å². The minimum Gasteiger partial charge on any atom is -0.491 e. The van der Waals surface area contributed by atoms with Gasteiger partial charge >= 0.3 is 0 Å². The van der Waals surface area contributed by atoms with Gasteiger partial charge in [-0.25, -0.2) is 0 Å². The first-order chi connectivity index (χ1) is 7.11. The lowest BCUT2D eigenvalue weighted by atomic mass is 10.3. The molecule has 0 spiro atoms. The van der Waals surface area contributed by atoms with E-state index in [4.69, 9.17) is 4.74 Å². The maximum atomic E-state index is 11.0. The van der Waals surface area contributed by atoms with Gasteiger partial charge in [0, 0.05) is 13.2 Å². The third kappa shape index (κ3) is 3.85. The Bertz CT molecular complexity index is 364. The highest BCUT2D eigenvalue weighted by Gasteiger charge is 2.00. The van der Waals surface area contributed by atoms with Gasteiger partial charge < -0.3 is 10.1 Å². The van der Waals surface area contributed by atoms with Crippen LogP contribution in [-0.4, -0.2) is 12.0 Å². The number of benzene rings is 1. The zero-order chi connectivity index (χ0) is 11.3. The minimum absolute atomic E-state index is 0. The maximum Gasteiger partial charge on any atom is 0.247 e. The van der Waals surface area contributed by atoms with Crippen molar-refractivity contribution in [3.8, 4) is 5.75 Å². The Balaban J connectivity index is 0.00000225. The van der Waals surface area contributed by atoms with Crippen molar-refractivity contribution in [2.24, 2.45) is 0 Å².